The van der Waals surface area contributed by atoms with E-state index in [2.05, 4.69) is 15.5 Å². The minimum Gasteiger partial charge on any atom is -0.384 e. The SMILES string of the molecule is CC1C(=O)Nc2ccc(-c3cn[nH]c3N)cc21. The molecule has 3 rings (SSSR count). The molecule has 0 saturated carbocycles. The number of rotatable bonds is 1. The topological polar surface area (TPSA) is 83.8 Å². The zero-order valence-corrected chi connectivity index (χ0v) is 9.32. The zero-order valence-electron chi connectivity index (χ0n) is 9.32. The first-order chi connectivity index (χ1) is 8.16. The minimum absolute atomic E-state index is 0.0392. The number of nitrogens with two attached hydrogens (primary N) is 1. The fourth-order valence-corrected chi connectivity index (χ4v) is 2.11. The van der Waals surface area contributed by atoms with Crippen LogP contribution >= 0.6 is 0 Å². The fraction of sp³-hybridized carbons (Fsp3) is 0.167. The standard InChI is InChI=1S/C12H12N4O/c1-6-8-4-7(9-5-14-16-11(9)13)2-3-10(8)15-12(6)17/h2-6H,1H3,(H,15,17)(H3,13,14,16). The molecule has 1 aromatic heterocycles. The van der Waals surface area contributed by atoms with Crippen molar-refractivity contribution in [2.45, 2.75) is 12.8 Å². The zero-order chi connectivity index (χ0) is 12.0. The number of nitrogen functional groups attached to an aromatic ring is 1. The molecule has 1 unspecified atom stereocenters. The summed E-state index contributed by atoms with van der Waals surface area (Å²) in [5.41, 5.74) is 9.50. The van der Waals surface area contributed by atoms with Gasteiger partial charge in [0, 0.05) is 11.3 Å². The van der Waals surface area contributed by atoms with E-state index in [1.54, 1.807) is 6.20 Å². The van der Waals surface area contributed by atoms with Crippen molar-refractivity contribution in [3.63, 3.8) is 0 Å². The number of aromatic amines is 1. The van der Waals surface area contributed by atoms with Gasteiger partial charge in [-0.15, -0.1) is 0 Å². The number of H-pyrrole nitrogens is 1. The predicted molar refractivity (Wildman–Crippen MR) is 65.5 cm³/mol. The van der Waals surface area contributed by atoms with E-state index in [0.29, 0.717) is 5.82 Å². The van der Waals surface area contributed by atoms with E-state index >= 15 is 0 Å². The summed E-state index contributed by atoms with van der Waals surface area (Å²) in [5, 5.41) is 9.43. The molecule has 1 aromatic carbocycles. The highest BCUT2D eigenvalue weighted by Crippen LogP contribution is 2.36. The Morgan fingerprint density at radius 3 is 2.94 bits per heavy atom. The third-order valence-electron chi connectivity index (χ3n) is 3.15. The Hall–Kier alpha value is -2.30. The normalized spacial score (nSPS) is 17.9. The Balaban J connectivity index is 2.12. The summed E-state index contributed by atoms with van der Waals surface area (Å²) in [7, 11) is 0. The molecular weight excluding hydrogens is 216 g/mol. The monoisotopic (exact) mass is 228 g/mol. The lowest BCUT2D eigenvalue weighted by molar-refractivity contribution is -0.116. The Morgan fingerprint density at radius 1 is 1.41 bits per heavy atom. The average Bonchev–Trinajstić information content (AvgIpc) is 2.85. The van der Waals surface area contributed by atoms with E-state index < -0.39 is 0 Å². The number of nitrogens with one attached hydrogen (secondary N) is 2. The number of carbonyl (C=O) groups is 1. The van der Waals surface area contributed by atoms with Gasteiger partial charge in [-0.25, -0.2) is 0 Å². The number of amides is 1. The number of aromatic nitrogens is 2. The van der Waals surface area contributed by atoms with Crippen molar-refractivity contribution >= 4 is 17.4 Å². The second-order valence-electron chi connectivity index (χ2n) is 4.21. The molecule has 2 aromatic rings. The van der Waals surface area contributed by atoms with Crippen LogP contribution in [0.1, 0.15) is 18.4 Å². The van der Waals surface area contributed by atoms with Gasteiger partial charge in [0.25, 0.3) is 0 Å². The van der Waals surface area contributed by atoms with Crippen molar-refractivity contribution in [3.05, 3.63) is 30.0 Å². The maximum atomic E-state index is 11.5. The molecule has 1 atom stereocenters. The van der Waals surface area contributed by atoms with Gasteiger partial charge in [-0.3, -0.25) is 9.89 Å². The van der Waals surface area contributed by atoms with Gasteiger partial charge in [0.2, 0.25) is 5.91 Å². The molecule has 0 spiro atoms. The lowest BCUT2D eigenvalue weighted by Crippen LogP contribution is -2.08. The first-order valence-electron chi connectivity index (χ1n) is 5.41. The molecule has 0 aliphatic carbocycles. The summed E-state index contributed by atoms with van der Waals surface area (Å²) in [6, 6.07) is 5.82. The average molecular weight is 228 g/mol. The van der Waals surface area contributed by atoms with Crippen molar-refractivity contribution < 1.29 is 4.79 Å². The molecule has 0 bridgehead atoms. The Bertz CT molecular complexity index is 602. The summed E-state index contributed by atoms with van der Waals surface area (Å²) >= 11 is 0. The van der Waals surface area contributed by atoms with Crippen LogP contribution in [0.25, 0.3) is 11.1 Å². The fourth-order valence-electron chi connectivity index (χ4n) is 2.11. The number of fused-ring (bicyclic) bond motifs is 1. The molecule has 5 nitrogen and oxygen atoms in total. The van der Waals surface area contributed by atoms with Gasteiger partial charge in [0.05, 0.1) is 12.1 Å². The molecular formula is C12H12N4O. The van der Waals surface area contributed by atoms with E-state index in [1.807, 2.05) is 25.1 Å². The van der Waals surface area contributed by atoms with Crippen molar-refractivity contribution in [2.24, 2.45) is 0 Å². The van der Waals surface area contributed by atoms with Gasteiger partial charge >= 0.3 is 0 Å². The molecule has 2 heterocycles. The third kappa shape index (κ3) is 1.39. The highest BCUT2D eigenvalue weighted by molar-refractivity contribution is 6.03. The Labute approximate surface area is 98.0 Å². The van der Waals surface area contributed by atoms with E-state index in [4.69, 9.17) is 5.73 Å². The maximum absolute atomic E-state index is 11.5. The lowest BCUT2D eigenvalue weighted by atomic mass is 9.98. The maximum Gasteiger partial charge on any atom is 0.231 e. The van der Waals surface area contributed by atoms with Gasteiger partial charge in [-0.2, -0.15) is 5.10 Å². The highest BCUT2D eigenvalue weighted by Gasteiger charge is 2.26. The van der Waals surface area contributed by atoms with Gasteiger partial charge < -0.3 is 11.1 Å². The lowest BCUT2D eigenvalue weighted by Gasteiger charge is -2.05. The largest absolute Gasteiger partial charge is 0.384 e. The predicted octanol–water partition coefficient (Wildman–Crippen LogP) is 1.71. The molecule has 5 heteroatoms. The second-order valence-corrected chi connectivity index (χ2v) is 4.21. The van der Waals surface area contributed by atoms with Crippen molar-refractivity contribution in [1.82, 2.24) is 10.2 Å². The molecule has 4 N–H and O–H groups in total. The highest BCUT2D eigenvalue weighted by atomic mass is 16.2. The van der Waals surface area contributed by atoms with Crippen LogP contribution in [0.15, 0.2) is 24.4 Å². The van der Waals surface area contributed by atoms with Crippen molar-refractivity contribution in [2.75, 3.05) is 11.1 Å². The summed E-state index contributed by atoms with van der Waals surface area (Å²) in [6.07, 6.45) is 1.69. The van der Waals surface area contributed by atoms with Crippen molar-refractivity contribution in [3.8, 4) is 11.1 Å². The van der Waals surface area contributed by atoms with Crippen LogP contribution in [0.2, 0.25) is 0 Å². The molecule has 1 amide bonds. The first-order valence-corrected chi connectivity index (χ1v) is 5.41. The van der Waals surface area contributed by atoms with Crippen LogP contribution in [0.4, 0.5) is 11.5 Å². The van der Waals surface area contributed by atoms with Crippen LogP contribution < -0.4 is 11.1 Å². The van der Waals surface area contributed by atoms with Crippen LogP contribution in [-0.2, 0) is 4.79 Å². The summed E-state index contributed by atoms with van der Waals surface area (Å²) in [4.78, 5) is 11.5. The van der Waals surface area contributed by atoms with Crippen LogP contribution in [0.3, 0.4) is 0 Å². The van der Waals surface area contributed by atoms with Gasteiger partial charge in [0.15, 0.2) is 0 Å². The van der Waals surface area contributed by atoms with Gasteiger partial charge in [-0.1, -0.05) is 6.07 Å². The van der Waals surface area contributed by atoms with E-state index in [-0.39, 0.29) is 11.8 Å². The summed E-state index contributed by atoms with van der Waals surface area (Å²) in [6.45, 7) is 1.89. The number of nitrogens with zero attached hydrogens (tertiary/aromatic N) is 1. The van der Waals surface area contributed by atoms with Crippen LogP contribution in [-0.4, -0.2) is 16.1 Å². The van der Waals surface area contributed by atoms with E-state index in [9.17, 15) is 4.79 Å². The molecule has 1 aliphatic rings. The minimum atomic E-state index is -0.113. The number of anilines is 2. The van der Waals surface area contributed by atoms with E-state index in [0.717, 1.165) is 22.4 Å². The van der Waals surface area contributed by atoms with Gasteiger partial charge in [-0.05, 0) is 30.2 Å². The molecule has 0 radical (unpaired) electrons. The molecule has 86 valence electrons. The number of hydrogen-bond acceptors (Lipinski definition) is 3. The molecule has 17 heavy (non-hydrogen) atoms. The molecule has 0 fully saturated rings. The first kappa shape index (κ1) is 9.89. The Morgan fingerprint density at radius 2 is 2.24 bits per heavy atom. The van der Waals surface area contributed by atoms with E-state index in [1.165, 1.54) is 0 Å². The van der Waals surface area contributed by atoms with Crippen LogP contribution in [0, 0.1) is 0 Å². The number of carbonyl (C=O) groups excluding carboxylic acids is 1. The number of benzene rings is 1. The number of hydrogen-bond donors (Lipinski definition) is 3. The van der Waals surface area contributed by atoms with Gasteiger partial charge in [0.1, 0.15) is 5.82 Å². The second kappa shape index (κ2) is 3.35. The summed E-state index contributed by atoms with van der Waals surface area (Å²) in [5.74, 6) is 0.463. The van der Waals surface area contributed by atoms with Crippen LogP contribution in [0.5, 0.6) is 0 Å². The van der Waals surface area contributed by atoms with Crippen molar-refractivity contribution in [1.29, 1.82) is 0 Å². The third-order valence-corrected chi connectivity index (χ3v) is 3.15. The Kier molecular flexibility index (Phi) is 1.95. The quantitative estimate of drug-likeness (QED) is 0.694. The smallest absolute Gasteiger partial charge is 0.231 e. The molecule has 1 aliphatic heterocycles. The summed E-state index contributed by atoms with van der Waals surface area (Å²) < 4.78 is 0. The molecule has 0 saturated heterocycles.